The van der Waals surface area contributed by atoms with E-state index in [1.165, 1.54) is 12.8 Å². The molecule has 0 N–H and O–H groups in total. The van der Waals surface area contributed by atoms with Crippen molar-refractivity contribution in [3.8, 4) is 0 Å². The van der Waals surface area contributed by atoms with Crippen molar-refractivity contribution in [2.24, 2.45) is 0 Å². The number of ether oxygens (including phenoxy) is 1. The Morgan fingerprint density at radius 1 is 1.44 bits per heavy atom. The number of nitrogens with zero attached hydrogens (tertiary/aromatic N) is 2. The van der Waals surface area contributed by atoms with Gasteiger partial charge in [-0.3, -0.25) is 4.79 Å². The fraction of sp³-hybridized carbons (Fsp3) is 0.692. The molecule has 0 aromatic carbocycles. The molecular formula is C13H22N2O2S. The number of esters is 1. The van der Waals surface area contributed by atoms with E-state index in [-0.39, 0.29) is 12.4 Å². The molecule has 0 saturated carbocycles. The lowest BCUT2D eigenvalue weighted by Gasteiger charge is -2.18. The maximum atomic E-state index is 11.4. The number of aromatic nitrogens is 1. The van der Waals surface area contributed by atoms with Gasteiger partial charge in [0, 0.05) is 18.5 Å². The van der Waals surface area contributed by atoms with Gasteiger partial charge in [-0.2, -0.15) is 0 Å². The first-order chi connectivity index (χ1) is 8.71. The van der Waals surface area contributed by atoms with Crippen LogP contribution in [0, 0.1) is 0 Å². The average molecular weight is 270 g/mol. The Morgan fingerprint density at radius 2 is 2.22 bits per heavy atom. The molecule has 0 unspecified atom stereocenters. The molecule has 1 rings (SSSR count). The summed E-state index contributed by atoms with van der Waals surface area (Å²) < 4.78 is 4.92. The van der Waals surface area contributed by atoms with Gasteiger partial charge in [-0.1, -0.05) is 13.3 Å². The third kappa shape index (κ3) is 4.64. The van der Waals surface area contributed by atoms with Gasteiger partial charge < -0.3 is 9.64 Å². The molecule has 0 spiro atoms. The van der Waals surface area contributed by atoms with E-state index in [0.29, 0.717) is 6.61 Å². The van der Waals surface area contributed by atoms with Gasteiger partial charge in [0.2, 0.25) is 0 Å². The van der Waals surface area contributed by atoms with Crippen LogP contribution >= 0.6 is 11.3 Å². The fourth-order valence-electron chi connectivity index (χ4n) is 1.62. The van der Waals surface area contributed by atoms with E-state index in [2.05, 4.69) is 23.7 Å². The summed E-state index contributed by atoms with van der Waals surface area (Å²) in [4.78, 5) is 18.1. The smallest absolute Gasteiger partial charge is 0.311 e. The van der Waals surface area contributed by atoms with Crippen LogP contribution in [0.25, 0.3) is 0 Å². The van der Waals surface area contributed by atoms with Crippen LogP contribution in [0.15, 0.2) is 5.38 Å². The van der Waals surface area contributed by atoms with E-state index in [0.717, 1.165) is 23.9 Å². The predicted octanol–water partition coefficient (Wildman–Crippen LogP) is 2.88. The van der Waals surface area contributed by atoms with Crippen molar-refractivity contribution < 1.29 is 9.53 Å². The zero-order chi connectivity index (χ0) is 13.4. The van der Waals surface area contributed by atoms with E-state index in [1.807, 2.05) is 12.3 Å². The number of anilines is 1. The van der Waals surface area contributed by atoms with Gasteiger partial charge in [0.15, 0.2) is 5.13 Å². The molecule has 1 aromatic rings. The lowest BCUT2D eigenvalue weighted by molar-refractivity contribution is -0.142. The Bertz CT molecular complexity index is 366. The van der Waals surface area contributed by atoms with Gasteiger partial charge in [-0.25, -0.2) is 4.98 Å². The molecule has 102 valence electrons. The summed E-state index contributed by atoms with van der Waals surface area (Å²) in [7, 11) is 0. The van der Waals surface area contributed by atoms with Crippen LogP contribution in [-0.2, 0) is 16.0 Å². The number of carbonyl (C=O) groups excluding carboxylic acids is 1. The van der Waals surface area contributed by atoms with Gasteiger partial charge in [-0.05, 0) is 20.3 Å². The van der Waals surface area contributed by atoms with Crippen LogP contribution in [-0.4, -0.2) is 30.6 Å². The fourth-order valence-corrected chi connectivity index (χ4v) is 2.54. The second-order valence-electron chi connectivity index (χ2n) is 4.04. The van der Waals surface area contributed by atoms with Gasteiger partial charge in [0.1, 0.15) is 0 Å². The van der Waals surface area contributed by atoms with Crippen molar-refractivity contribution in [1.29, 1.82) is 0 Å². The van der Waals surface area contributed by atoms with Crippen LogP contribution in [0.4, 0.5) is 5.13 Å². The Balaban J connectivity index is 2.57. The Labute approximate surface area is 113 Å². The van der Waals surface area contributed by atoms with E-state index in [4.69, 9.17) is 4.74 Å². The number of hydrogen-bond acceptors (Lipinski definition) is 5. The number of unbranched alkanes of at least 4 members (excludes halogenated alkanes) is 1. The standard InChI is InChI=1S/C13H22N2O2S/c1-4-7-8-15(5-2)13-14-11(10-18-13)9-12(16)17-6-3/h10H,4-9H2,1-3H3. The summed E-state index contributed by atoms with van der Waals surface area (Å²) in [6.07, 6.45) is 2.62. The molecule has 1 aromatic heterocycles. The van der Waals surface area contributed by atoms with E-state index in [1.54, 1.807) is 11.3 Å². The SMILES string of the molecule is CCCCN(CC)c1nc(CC(=O)OCC)cs1. The van der Waals surface area contributed by atoms with Crippen molar-refractivity contribution in [2.45, 2.75) is 40.0 Å². The quantitative estimate of drug-likeness (QED) is 0.681. The summed E-state index contributed by atoms with van der Waals surface area (Å²) in [5.74, 6) is -0.203. The molecule has 0 amide bonds. The highest BCUT2D eigenvalue weighted by Crippen LogP contribution is 2.21. The molecule has 4 nitrogen and oxygen atoms in total. The minimum absolute atomic E-state index is 0.203. The van der Waals surface area contributed by atoms with Crippen molar-refractivity contribution in [2.75, 3.05) is 24.6 Å². The predicted molar refractivity (Wildman–Crippen MR) is 75.2 cm³/mol. The average Bonchev–Trinajstić information content (AvgIpc) is 2.79. The first-order valence-electron chi connectivity index (χ1n) is 6.56. The normalized spacial score (nSPS) is 10.4. The maximum Gasteiger partial charge on any atom is 0.311 e. The van der Waals surface area contributed by atoms with Crippen LogP contribution < -0.4 is 4.90 Å². The van der Waals surface area contributed by atoms with Gasteiger partial charge in [-0.15, -0.1) is 11.3 Å². The number of thiazole rings is 1. The number of rotatable bonds is 8. The molecule has 0 aliphatic heterocycles. The summed E-state index contributed by atoms with van der Waals surface area (Å²) in [6, 6.07) is 0. The van der Waals surface area contributed by atoms with Gasteiger partial charge >= 0.3 is 5.97 Å². The summed E-state index contributed by atoms with van der Waals surface area (Å²) in [5.41, 5.74) is 0.809. The van der Waals surface area contributed by atoms with Gasteiger partial charge in [0.05, 0.1) is 18.7 Å². The second-order valence-corrected chi connectivity index (χ2v) is 4.87. The number of hydrogen-bond donors (Lipinski definition) is 0. The van der Waals surface area contributed by atoms with E-state index >= 15 is 0 Å². The molecule has 0 radical (unpaired) electrons. The molecule has 1 heterocycles. The highest BCUT2D eigenvalue weighted by Gasteiger charge is 2.11. The topological polar surface area (TPSA) is 42.4 Å². The first-order valence-corrected chi connectivity index (χ1v) is 7.44. The molecular weight excluding hydrogens is 248 g/mol. The maximum absolute atomic E-state index is 11.4. The molecule has 0 atom stereocenters. The lowest BCUT2D eigenvalue weighted by Crippen LogP contribution is -2.23. The molecule has 0 aliphatic carbocycles. The zero-order valence-corrected chi connectivity index (χ0v) is 12.3. The summed E-state index contributed by atoms with van der Waals surface area (Å²) >= 11 is 1.60. The Hall–Kier alpha value is -1.10. The monoisotopic (exact) mass is 270 g/mol. The third-order valence-corrected chi connectivity index (χ3v) is 3.55. The van der Waals surface area contributed by atoms with Crippen LogP contribution in [0.1, 0.15) is 39.3 Å². The molecule has 5 heteroatoms. The largest absolute Gasteiger partial charge is 0.466 e. The Morgan fingerprint density at radius 3 is 2.83 bits per heavy atom. The highest BCUT2D eigenvalue weighted by atomic mass is 32.1. The third-order valence-electron chi connectivity index (χ3n) is 2.60. The summed E-state index contributed by atoms with van der Waals surface area (Å²) in [6.45, 7) is 8.52. The molecule has 0 fully saturated rings. The first kappa shape index (κ1) is 15.0. The molecule has 0 bridgehead atoms. The second kappa shape index (κ2) is 8.08. The van der Waals surface area contributed by atoms with E-state index in [9.17, 15) is 4.79 Å². The molecule has 0 saturated heterocycles. The van der Waals surface area contributed by atoms with Crippen LogP contribution in [0.2, 0.25) is 0 Å². The van der Waals surface area contributed by atoms with Crippen molar-refractivity contribution in [3.63, 3.8) is 0 Å². The van der Waals surface area contributed by atoms with Crippen LogP contribution in [0.5, 0.6) is 0 Å². The van der Waals surface area contributed by atoms with Crippen molar-refractivity contribution in [1.82, 2.24) is 4.98 Å². The lowest BCUT2D eigenvalue weighted by atomic mass is 10.3. The highest BCUT2D eigenvalue weighted by molar-refractivity contribution is 7.13. The minimum atomic E-state index is -0.203. The van der Waals surface area contributed by atoms with E-state index < -0.39 is 0 Å². The van der Waals surface area contributed by atoms with Gasteiger partial charge in [0.25, 0.3) is 0 Å². The molecule has 18 heavy (non-hydrogen) atoms. The zero-order valence-electron chi connectivity index (χ0n) is 11.4. The summed E-state index contributed by atoms with van der Waals surface area (Å²) in [5, 5.41) is 2.95. The molecule has 0 aliphatic rings. The minimum Gasteiger partial charge on any atom is -0.466 e. The number of carbonyl (C=O) groups is 1. The van der Waals surface area contributed by atoms with Crippen LogP contribution in [0.3, 0.4) is 0 Å². The Kier molecular flexibility index (Phi) is 6.72. The van der Waals surface area contributed by atoms with Crippen molar-refractivity contribution >= 4 is 22.4 Å². The van der Waals surface area contributed by atoms with Crippen molar-refractivity contribution in [3.05, 3.63) is 11.1 Å².